The molecule has 31 heavy (non-hydrogen) atoms. The summed E-state index contributed by atoms with van der Waals surface area (Å²) in [5.74, 6) is 0.562. The highest BCUT2D eigenvalue weighted by Gasteiger charge is 2.01. The van der Waals surface area contributed by atoms with Crippen LogP contribution in [-0.4, -0.2) is 5.84 Å². The highest BCUT2D eigenvalue weighted by molar-refractivity contribution is 5.97. The van der Waals surface area contributed by atoms with Gasteiger partial charge in [-0.1, -0.05) is 72.8 Å². The summed E-state index contributed by atoms with van der Waals surface area (Å²) in [6.45, 7) is 1.71. The molecular formula is C24H31Cl3N4. The van der Waals surface area contributed by atoms with Crippen molar-refractivity contribution < 1.29 is 0 Å². The van der Waals surface area contributed by atoms with E-state index in [4.69, 9.17) is 17.2 Å². The first-order valence-corrected chi connectivity index (χ1v) is 9.63. The Bertz CT molecular complexity index is 909. The average Bonchev–Trinajstić information content (AvgIpc) is 2.77. The van der Waals surface area contributed by atoms with Crippen LogP contribution < -0.4 is 17.2 Å². The zero-order chi connectivity index (χ0) is 19.8. The first-order chi connectivity index (χ1) is 13.7. The fourth-order valence-electron chi connectivity index (χ4n) is 3.02. The Morgan fingerprint density at radius 2 is 0.903 bits per heavy atom. The van der Waals surface area contributed by atoms with Crippen molar-refractivity contribution in [3.63, 3.8) is 0 Å². The number of halogens is 3. The second-order valence-electron chi connectivity index (χ2n) is 6.94. The standard InChI is InChI=1S/C24H28N4.3ClH/c25-15-20-5-3-18(4-6-20)1-2-19-11-13-23(14-12-19)24(27)28-17-22-9-7-21(16-26)8-10-22;;;/h3-14H,1-2,15-17,25-26H2,(H2,27,28);3*1H. The molecule has 0 saturated carbocycles. The molecule has 3 aromatic rings. The van der Waals surface area contributed by atoms with Gasteiger partial charge >= 0.3 is 0 Å². The zero-order valence-electron chi connectivity index (χ0n) is 17.4. The summed E-state index contributed by atoms with van der Waals surface area (Å²) in [6.07, 6.45) is 2.00. The summed E-state index contributed by atoms with van der Waals surface area (Å²) < 4.78 is 0. The number of benzene rings is 3. The van der Waals surface area contributed by atoms with E-state index in [2.05, 4.69) is 41.4 Å². The van der Waals surface area contributed by atoms with E-state index >= 15 is 0 Å². The van der Waals surface area contributed by atoms with Gasteiger partial charge in [-0.3, -0.25) is 4.99 Å². The minimum atomic E-state index is 0. The molecule has 0 amide bonds. The molecule has 3 aromatic carbocycles. The molecule has 0 aliphatic carbocycles. The van der Waals surface area contributed by atoms with Gasteiger partial charge in [0.15, 0.2) is 0 Å². The van der Waals surface area contributed by atoms with Crippen molar-refractivity contribution in [3.05, 3.63) is 106 Å². The molecule has 3 rings (SSSR count). The van der Waals surface area contributed by atoms with Crippen molar-refractivity contribution in [1.29, 1.82) is 0 Å². The number of aryl methyl sites for hydroxylation is 2. The Labute approximate surface area is 203 Å². The average molecular weight is 482 g/mol. The molecule has 0 aliphatic rings. The van der Waals surface area contributed by atoms with Crippen LogP contribution in [0.3, 0.4) is 0 Å². The summed E-state index contributed by atoms with van der Waals surface area (Å²) in [4.78, 5) is 4.51. The first kappa shape index (κ1) is 28.9. The SMILES string of the molecule is Cl.Cl.Cl.NCc1ccc(CCc2ccc(C(N)=NCc3ccc(CN)cc3)cc2)cc1. The third-order valence-electron chi connectivity index (χ3n) is 4.90. The molecule has 168 valence electrons. The van der Waals surface area contributed by atoms with Crippen LogP contribution in [-0.2, 0) is 32.5 Å². The van der Waals surface area contributed by atoms with E-state index < -0.39 is 0 Å². The van der Waals surface area contributed by atoms with Gasteiger partial charge in [0, 0.05) is 18.7 Å². The maximum absolute atomic E-state index is 6.16. The molecule has 7 heteroatoms. The molecule has 0 heterocycles. The van der Waals surface area contributed by atoms with Gasteiger partial charge in [-0.15, -0.1) is 37.2 Å². The molecule has 4 nitrogen and oxygen atoms in total. The predicted molar refractivity (Wildman–Crippen MR) is 139 cm³/mol. The van der Waals surface area contributed by atoms with Crippen LogP contribution in [0.15, 0.2) is 77.8 Å². The van der Waals surface area contributed by atoms with Crippen LogP contribution in [0.25, 0.3) is 0 Å². The van der Waals surface area contributed by atoms with Gasteiger partial charge in [-0.2, -0.15) is 0 Å². The lowest BCUT2D eigenvalue weighted by atomic mass is 10.0. The molecule has 0 spiro atoms. The van der Waals surface area contributed by atoms with Crippen molar-refractivity contribution >= 4 is 43.1 Å². The van der Waals surface area contributed by atoms with Crippen LogP contribution in [0.1, 0.15) is 33.4 Å². The third-order valence-corrected chi connectivity index (χ3v) is 4.90. The normalized spacial score (nSPS) is 10.5. The van der Waals surface area contributed by atoms with Crippen molar-refractivity contribution in [2.24, 2.45) is 22.2 Å². The predicted octanol–water partition coefficient (Wildman–Crippen LogP) is 4.56. The molecule has 0 fully saturated rings. The lowest BCUT2D eigenvalue weighted by Gasteiger charge is -2.06. The lowest BCUT2D eigenvalue weighted by Crippen LogP contribution is -2.13. The van der Waals surface area contributed by atoms with Gasteiger partial charge in [0.25, 0.3) is 0 Å². The number of amidine groups is 1. The molecule has 0 bridgehead atoms. The third kappa shape index (κ3) is 8.90. The summed E-state index contributed by atoms with van der Waals surface area (Å²) in [7, 11) is 0. The number of hydrogen-bond donors (Lipinski definition) is 3. The largest absolute Gasteiger partial charge is 0.383 e. The number of hydrogen-bond acceptors (Lipinski definition) is 3. The van der Waals surface area contributed by atoms with E-state index in [0.717, 1.165) is 35.1 Å². The topological polar surface area (TPSA) is 90.4 Å². The van der Waals surface area contributed by atoms with E-state index in [0.29, 0.717) is 25.5 Å². The number of nitrogens with zero attached hydrogens (tertiary/aromatic N) is 1. The van der Waals surface area contributed by atoms with E-state index in [1.807, 2.05) is 36.4 Å². The van der Waals surface area contributed by atoms with Gasteiger partial charge in [-0.05, 0) is 40.7 Å². The molecule has 0 unspecified atom stereocenters. The Kier molecular flexibility index (Phi) is 13.8. The van der Waals surface area contributed by atoms with E-state index in [-0.39, 0.29) is 37.2 Å². The van der Waals surface area contributed by atoms with Crippen molar-refractivity contribution in [3.8, 4) is 0 Å². The van der Waals surface area contributed by atoms with Crippen LogP contribution >= 0.6 is 37.2 Å². The van der Waals surface area contributed by atoms with Crippen LogP contribution in [0, 0.1) is 0 Å². The fourth-order valence-corrected chi connectivity index (χ4v) is 3.02. The van der Waals surface area contributed by atoms with Crippen molar-refractivity contribution in [1.82, 2.24) is 0 Å². The minimum Gasteiger partial charge on any atom is -0.383 e. The smallest absolute Gasteiger partial charge is 0.125 e. The Morgan fingerprint density at radius 1 is 0.548 bits per heavy atom. The minimum absolute atomic E-state index is 0. The number of aliphatic imine (C=N–C) groups is 1. The second-order valence-corrected chi connectivity index (χ2v) is 6.94. The summed E-state index contributed by atoms with van der Waals surface area (Å²) in [6, 6.07) is 25.0. The molecule has 0 radical (unpaired) electrons. The van der Waals surface area contributed by atoms with Crippen LogP contribution in [0.4, 0.5) is 0 Å². The van der Waals surface area contributed by atoms with E-state index in [1.165, 1.54) is 11.1 Å². The Hall–Kier alpha value is -2.08. The Balaban J connectivity index is 0.00000300. The maximum atomic E-state index is 6.16. The van der Waals surface area contributed by atoms with Gasteiger partial charge in [-0.25, -0.2) is 0 Å². The molecule has 0 saturated heterocycles. The monoisotopic (exact) mass is 480 g/mol. The summed E-state index contributed by atoms with van der Waals surface area (Å²) in [5, 5.41) is 0. The number of rotatable bonds is 8. The summed E-state index contributed by atoms with van der Waals surface area (Å²) >= 11 is 0. The second kappa shape index (κ2) is 14.8. The van der Waals surface area contributed by atoms with Crippen LogP contribution in [0.5, 0.6) is 0 Å². The van der Waals surface area contributed by atoms with Gasteiger partial charge in [0.2, 0.25) is 0 Å². The van der Waals surface area contributed by atoms with Crippen molar-refractivity contribution in [2.75, 3.05) is 0 Å². The molecule has 6 N–H and O–H groups in total. The van der Waals surface area contributed by atoms with E-state index in [1.54, 1.807) is 0 Å². The lowest BCUT2D eigenvalue weighted by molar-refractivity contribution is 0.955. The highest BCUT2D eigenvalue weighted by atomic mass is 35.5. The fraction of sp³-hybridized carbons (Fsp3) is 0.208. The van der Waals surface area contributed by atoms with Gasteiger partial charge < -0.3 is 17.2 Å². The van der Waals surface area contributed by atoms with Gasteiger partial charge in [0.1, 0.15) is 5.84 Å². The van der Waals surface area contributed by atoms with Crippen molar-refractivity contribution in [2.45, 2.75) is 32.5 Å². The van der Waals surface area contributed by atoms with Crippen LogP contribution in [0.2, 0.25) is 0 Å². The quantitative estimate of drug-likeness (QED) is 0.325. The highest BCUT2D eigenvalue weighted by Crippen LogP contribution is 2.11. The maximum Gasteiger partial charge on any atom is 0.125 e. The molecule has 0 aromatic heterocycles. The first-order valence-electron chi connectivity index (χ1n) is 9.63. The number of nitrogens with two attached hydrogens (primary N) is 3. The van der Waals surface area contributed by atoms with Gasteiger partial charge in [0.05, 0.1) is 6.54 Å². The summed E-state index contributed by atoms with van der Waals surface area (Å²) in [5.41, 5.74) is 24.4. The molecule has 0 atom stereocenters. The Morgan fingerprint density at radius 3 is 1.32 bits per heavy atom. The van der Waals surface area contributed by atoms with E-state index in [9.17, 15) is 0 Å². The molecular weight excluding hydrogens is 451 g/mol. The zero-order valence-corrected chi connectivity index (χ0v) is 19.8. The molecule has 0 aliphatic heterocycles.